The van der Waals surface area contributed by atoms with E-state index in [0.717, 1.165) is 64.2 Å². The van der Waals surface area contributed by atoms with Gasteiger partial charge in [0.15, 0.2) is 12.1 Å². The molecule has 0 radical (unpaired) electrons. The second kappa shape index (κ2) is 39.4. The quantitative estimate of drug-likeness (QED) is 0.0285. The lowest BCUT2D eigenvalue weighted by Crippen LogP contribution is -2.50. The lowest BCUT2D eigenvalue weighted by molar-refractivity contribution is -0.887. The molecule has 0 fully saturated rings. The molecule has 0 heterocycles. The molecule has 326 valence electrons. The van der Waals surface area contributed by atoms with Gasteiger partial charge in [0.25, 0.3) is 0 Å². The number of carbonyl (C=O) groups is 3. The number of hydrogen-bond donors (Lipinski definition) is 1. The zero-order valence-corrected chi connectivity index (χ0v) is 37.1. The van der Waals surface area contributed by atoms with Gasteiger partial charge in [0.1, 0.15) is 6.61 Å². The lowest BCUT2D eigenvalue weighted by atomic mass is 10.0. The number of quaternary nitrogens is 1. The predicted octanol–water partition coefficient (Wildman–Crippen LogP) is 12.6. The molecule has 0 aromatic heterocycles. The number of hydrogen-bond acceptors (Lipinski definition) is 6. The Bertz CT molecular complexity index is 1020. The van der Waals surface area contributed by atoms with Gasteiger partial charge in [-0.2, -0.15) is 0 Å². The van der Waals surface area contributed by atoms with Crippen LogP contribution in [0.2, 0.25) is 0 Å². The van der Waals surface area contributed by atoms with Crippen LogP contribution in [0.4, 0.5) is 0 Å². The fourth-order valence-electron chi connectivity index (χ4n) is 6.74. The fraction of sp³-hybridized carbons (Fsp3) is 0.812. The van der Waals surface area contributed by atoms with Crippen molar-refractivity contribution in [2.75, 3.05) is 41.0 Å². The van der Waals surface area contributed by atoms with Crippen molar-refractivity contribution in [2.24, 2.45) is 0 Å². The summed E-state index contributed by atoms with van der Waals surface area (Å²) in [4.78, 5) is 37.0. The first-order valence-electron chi connectivity index (χ1n) is 23.1. The minimum absolute atomic E-state index is 0.0550. The Kier molecular flexibility index (Phi) is 37.7. The molecule has 0 aliphatic heterocycles. The SMILES string of the molecule is CCCCCCC/C=C/C=C/C=C/CCCCCCCC(=O)OC(COCCC(C(=O)O)[N+](C)(C)C)COC(=O)CCCCCCCCCCCCCCCC. The molecule has 1 N–H and O–H groups in total. The van der Waals surface area contributed by atoms with Crippen LogP contribution in [0.25, 0.3) is 0 Å². The number of ether oxygens (including phenoxy) is 3. The number of esters is 2. The predicted molar refractivity (Wildman–Crippen MR) is 234 cm³/mol. The summed E-state index contributed by atoms with van der Waals surface area (Å²) in [5.74, 6) is -1.49. The first-order chi connectivity index (χ1) is 27.1. The molecule has 0 spiro atoms. The molecule has 0 saturated heterocycles. The number of carbonyl (C=O) groups excluding carboxylic acids is 2. The van der Waals surface area contributed by atoms with Gasteiger partial charge in [-0.1, -0.05) is 179 Å². The third-order valence-corrected chi connectivity index (χ3v) is 10.4. The van der Waals surface area contributed by atoms with Gasteiger partial charge in [0.2, 0.25) is 0 Å². The molecular weight excluding hydrogens is 703 g/mol. The Morgan fingerprint density at radius 1 is 0.536 bits per heavy atom. The van der Waals surface area contributed by atoms with E-state index in [9.17, 15) is 19.5 Å². The van der Waals surface area contributed by atoms with Crippen LogP contribution in [-0.2, 0) is 28.6 Å². The van der Waals surface area contributed by atoms with Crippen molar-refractivity contribution < 1.29 is 38.2 Å². The number of aliphatic carboxylic acids is 1. The zero-order valence-electron chi connectivity index (χ0n) is 37.1. The van der Waals surface area contributed by atoms with Crippen molar-refractivity contribution in [1.82, 2.24) is 0 Å². The van der Waals surface area contributed by atoms with Crippen molar-refractivity contribution in [3.05, 3.63) is 36.5 Å². The molecule has 0 aromatic carbocycles. The molecule has 2 atom stereocenters. The van der Waals surface area contributed by atoms with Crippen LogP contribution in [0, 0.1) is 0 Å². The van der Waals surface area contributed by atoms with Crippen LogP contribution in [0.1, 0.15) is 200 Å². The van der Waals surface area contributed by atoms with Crippen LogP contribution in [0.5, 0.6) is 0 Å². The summed E-state index contributed by atoms with van der Waals surface area (Å²) >= 11 is 0. The third kappa shape index (κ3) is 37.1. The summed E-state index contributed by atoms with van der Waals surface area (Å²) in [6, 6.07) is -0.617. The monoisotopic (exact) mass is 791 g/mol. The highest BCUT2D eigenvalue weighted by Crippen LogP contribution is 2.15. The number of rotatable bonds is 41. The van der Waals surface area contributed by atoms with Crippen molar-refractivity contribution in [3.63, 3.8) is 0 Å². The molecule has 0 bridgehead atoms. The summed E-state index contributed by atoms with van der Waals surface area (Å²) in [7, 11) is 5.52. The number of carboxylic acid groups (broad SMARTS) is 1. The maximum Gasteiger partial charge on any atom is 0.362 e. The van der Waals surface area contributed by atoms with Gasteiger partial charge < -0.3 is 23.8 Å². The molecule has 8 heteroatoms. The Morgan fingerprint density at radius 2 is 0.946 bits per heavy atom. The van der Waals surface area contributed by atoms with Gasteiger partial charge in [0, 0.05) is 19.3 Å². The van der Waals surface area contributed by atoms with Crippen molar-refractivity contribution in [1.29, 1.82) is 0 Å². The summed E-state index contributed by atoms with van der Waals surface area (Å²) in [5.41, 5.74) is 0. The molecule has 56 heavy (non-hydrogen) atoms. The highest BCUT2D eigenvalue weighted by molar-refractivity contribution is 5.72. The molecule has 0 amide bonds. The molecule has 0 saturated carbocycles. The smallest absolute Gasteiger partial charge is 0.362 e. The van der Waals surface area contributed by atoms with Gasteiger partial charge in [0.05, 0.1) is 34.4 Å². The van der Waals surface area contributed by atoms with Gasteiger partial charge >= 0.3 is 17.9 Å². The van der Waals surface area contributed by atoms with Crippen LogP contribution in [0.15, 0.2) is 36.5 Å². The zero-order chi connectivity index (χ0) is 41.4. The molecule has 8 nitrogen and oxygen atoms in total. The average Bonchev–Trinajstić information content (AvgIpc) is 3.15. The topological polar surface area (TPSA) is 99.1 Å². The first kappa shape index (κ1) is 53.6. The Hall–Kier alpha value is -2.45. The van der Waals surface area contributed by atoms with E-state index in [1.165, 1.54) is 103 Å². The second-order valence-corrected chi connectivity index (χ2v) is 16.7. The minimum Gasteiger partial charge on any atom is -0.477 e. The van der Waals surface area contributed by atoms with E-state index in [0.29, 0.717) is 19.3 Å². The van der Waals surface area contributed by atoms with Crippen molar-refractivity contribution >= 4 is 17.9 Å². The lowest BCUT2D eigenvalue weighted by Gasteiger charge is -2.31. The maximum absolute atomic E-state index is 12.7. The van der Waals surface area contributed by atoms with E-state index in [-0.39, 0.29) is 36.2 Å². The normalized spacial score (nSPS) is 13.2. The van der Waals surface area contributed by atoms with Gasteiger partial charge in [-0.05, 0) is 38.5 Å². The Morgan fingerprint density at radius 3 is 1.38 bits per heavy atom. The van der Waals surface area contributed by atoms with Gasteiger partial charge in [-0.25, -0.2) is 4.79 Å². The van der Waals surface area contributed by atoms with Crippen molar-refractivity contribution in [2.45, 2.75) is 212 Å². The van der Waals surface area contributed by atoms with Crippen LogP contribution >= 0.6 is 0 Å². The molecular formula is C48H88NO7+. The van der Waals surface area contributed by atoms with E-state index in [1.54, 1.807) is 0 Å². The molecule has 0 aliphatic carbocycles. The number of nitrogens with zero attached hydrogens (tertiary/aromatic N) is 1. The Balaban J connectivity index is 4.36. The molecule has 0 aliphatic rings. The molecule has 0 rings (SSSR count). The summed E-state index contributed by atoms with van der Waals surface area (Å²) in [6.45, 7) is 4.71. The highest BCUT2D eigenvalue weighted by atomic mass is 16.6. The van der Waals surface area contributed by atoms with E-state index < -0.39 is 18.1 Å². The number of unbranched alkanes of at least 4 members (excludes halogenated alkanes) is 23. The average molecular weight is 791 g/mol. The number of likely N-dealkylation sites (N-methyl/N-ethyl adjacent to an activating group) is 1. The van der Waals surface area contributed by atoms with E-state index in [1.807, 2.05) is 21.1 Å². The largest absolute Gasteiger partial charge is 0.477 e. The van der Waals surface area contributed by atoms with Crippen LogP contribution in [0.3, 0.4) is 0 Å². The maximum atomic E-state index is 12.7. The van der Waals surface area contributed by atoms with Crippen LogP contribution < -0.4 is 0 Å². The Labute approximate surface area is 344 Å². The fourth-order valence-corrected chi connectivity index (χ4v) is 6.74. The molecule has 2 unspecified atom stereocenters. The highest BCUT2D eigenvalue weighted by Gasteiger charge is 2.31. The first-order valence-corrected chi connectivity index (χ1v) is 23.1. The van der Waals surface area contributed by atoms with E-state index in [4.69, 9.17) is 14.2 Å². The van der Waals surface area contributed by atoms with Crippen LogP contribution in [-0.4, -0.2) is 80.6 Å². The number of carboxylic acids is 1. The number of allylic oxidation sites excluding steroid dienone is 6. The standard InChI is InChI=1S/C48H87NO7/c1-6-8-10-12-14-16-18-20-22-23-24-25-27-29-31-33-35-37-39-47(51)56-44(42-54-41-40-45(48(52)53)49(3,4)5)43-55-46(50)38-36-34-32-30-28-26-21-19-17-15-13-11-9-7-2/h18,20,22-25,44-45H,6-17,19,21,26-43H2,1-5H3/p+1/b20-18+,23-22+,25-24+. The van der Waals surface area contributed by atoms with Crippen molar-refractivity contribution in [3.8, 4) is 0 Å². The van der Waals surface area contributed by atoms with Gasteiger partial charge in [-0.3, -0.25) is 9.59 Å². The third-order valence-electron chi connectivity index (χ3n) is 10.4. The summed E-state index contributed by atoms with van der Waals surface area (Å²) in [5, 5.41) is 9.62. The van der Waals surface area contributed by atoms with E-state index >= 15 is 0 Å². The molecule has 0 aromatic rings. The minimum atomic E-state index is -0.878. The second-order valence-electron chi connectivity index (χ2n) is 16.7. The summed E-state index contributed by atoms with van der Waals surface area (Å²) in [6.07, 6.45) is 44.6. The van der Waals surface area contributed by atoms with Gasteiger partial charge in [-0.15, -0.1) is 0 Å². The summed E-state index contributed by atoms with van der Waals surface area (Å²) < 4.78 is 17.3. The van der Waals surface area contributed by atoms with E-state index in [2.05, 4.69) is 50.3 Å².